The maximum Gasteiger partial charge on any atom is 0.419 e. The molecule has 0 saturated heterocycles. The van der Waals surface area contributed by atoms with Crippen LogP contribution in [-0.4, -0.2) is 42.6 Å². The van der Waals surface area contributed by atoms with Crippen molar-refractivity contribution in [1.82, 2.24) is 9.47 Å². The molecule has 8 heteroatoms. The summed E-state index contributed by atoms with van der Waals surface area (Å²) in [4.78, 5) is 26.2. The van der Waals surface area contributed by atoms with Crippen LogP contribution < -0.4 is 15.8 Å². The number of amides is 1. The van der Waals surface area contributed by atoms with E-state index >= 15 is 0 Å². The molecule has 3 aromatic rings. The summed E-state index contributed by atoms with van der Waals surface area (Å²) in [6, 6.07) is 12.6. The van der Waals surface area contributed by atoms with Crippen molar-refractivity contribution in [2.24, 2.45) is 0 Å². The van der Waals surface area contributed by atoms with Crippen molar-refractivity contribution in [3.63, 3.8) is 0 Å². The van der Waals surface area contributed by atoms with Gasteiger partial charge in [-0.1, -0.05) is 0 Å². The minimum absolute atomic E-state index is 0.0998. The zero-order chi connectivity index (χ0) is 19.4. The van der Waals surface area contributed by atoms with Gasteiger partial charge < -0.3 is 19.4 Å². The number of nitrogens with one attached hydrogen (secondary N) is 1. The molecule has 27 heavy (non-hydrogen) atoms. The first-order valence-corrected chi connectivity index (χ1v) is 9.46. The number of rotatable bonds is 7. The topological polar surface area (TPSA) is 76.7 Å². The molecular formula is C19H20IN3O4. The van der Waals surface area contributed by atoms with E-state index in [1.54, 1.807) is 22.8 Å². The molecule has 0 bridgehead atoms. The average Bonchev–Trinajstić information content (AvgIpc) is 2.94. The molecule has 0 unspecified atom stereocenters. The van der Waals surface area contributed by atoms with E-state index in [0.29, 0.717) is 35.6 Å². The van der Waals surface area contributed by atoms with Crippen molar-refractivity contribution in [3.8, 4) is 5.75 Å². The smallest absolute Gasteiger partial charge is 0.419 e. The van der Waals surface area contributed by atoms with Crippen LogP contribution in [0.4, 0.5) is 5.69 Å². The minimum atomic E-state index is -0.405. The zero-order valence-electron chi connectivity index (χ0n) is 15.1. The highest BCUT2D eigenvalue weighted by Gasteiger charge is 2.11. The molecule has 0 atom stereocenters. The van der Waals surface area contributed by atoms with Crippen molar-refractivity contribution in [3.05, 3.63) is 56.6 Å². The minimum Gasteiger partial charge on any atom is -0.484 e. The van der Waals surface area contributed by atoms with E-state index in [2.05, 4.69) is 27.9 Å². The van der Waals surface area contributed by atoms with E-state index in [0.717, 1.165) is 3.57 Å². The Morgan fingerprint density at radius 2 is 1.96 bits per heavy atom. The Hall–Kier alpha value is -2.33. The molecule has 0 aliphatic carbocycles. The van der Waals surface area contributed by atoms with Gasteiger partial charge in [0.15, 0.2) is 12.2 Å². The third-order valence-electron chi connectivity index (χ3n) is 3.91. The molecule has 2 aromatic carbocycles. The second-order valence-corrected chi connectivity index (χ2v) is 7.54. The molecule has 0 aliphatic heterocycles. The lowest BCUT2D eigenvalue weighted by Gasteiger charge is -2.10. The fourth-order valence-electron chi connectivity index (χ4n) is 2.53. The Bertz CT molecular complexity index is 992. The fraction of sp³-hybridized carbons (Fsp3) is 0.263. The Morgan fingerprint density at radius 1 is 1.22 bits per heavy atom. The number of halogens is 1. The third-order valence-corrected chi connectivity index (χ3v) is 4.62. The van der Waals surface area contributed by atoms with Crippen LogP contribution in [0.3, 0.4) is 0 Å². The number of hydrogen-bond donors (Lipinski definition) is 1. The van der Waals surface area contributed by atoms with Crippen molar-refractivity contribution in [1.29, 1.82) is 0 Å². The van der Waals surface area contributed by atoms with Gasteiger partial charge in [0.2, 0.25) is 0 Å². The van der Waals surface area contributed by atoms with Gasteiger partial charge in [-0.15, -0.1) is 0 Å². The van der Waals surface area contributed by atoms with Crippen LogP contribution in [0.2, 0.25) is 0 Å². The molecule has 0 aliphatic rings. The number of benzene rings is 2. The molecule has 1 amide bonds. The number of hydrogen-bond acceptors (Lipinski definition) is 5. The highest BCUT2D eigenvalue weighted by Crippen LogP contribution is 2.19. The van der Waals surface area contributed by atoms with E-state index in [1.165, 1.54) is 0 Å². The highest BCUT2D eigenvalue weighted by molar-refractivity contribution is 14.1. The number of ether oxygens (including phenoxy) is 1. The van der Waals surface area contributed by atoms with Gasteiger partial charge in [0.25, 0.3) is 5.91 Å². The van der Waals surface area contributed by atoms with Crippen LogP contribution >= 0.6 is 22.6 Å². The predicted molar refractivity (Wildman–Crippen MR) is 112 cm³/mol. The van der Waals surface area contributed by atoms with Gasteiger partial charge in [-0.3, -0.25) is 9.36 Å². The first-order chi connectivity index (χ1) is 12.9. The van der Waals surface area contributed by atoms with Crippen molar-refractivity contribution >= 4 is 45.3 Å². The van der Waals surface area contributed by atoms with Gasteiger partial charge in [-0.2, -0.15) is 0 Å². The summed E-state index contributed by atoms with van der Waals surface area (Å²) in [5.74, 6) is -0.0515. The Morgan fingerprint density at radius 3 is 2.67 bits per heavy atom. The normalized spacial score (nSPS) is 11.1. The number of carbonyl (C=O) groups is 1. The molecular weight excluding hydrogens is 461 g/mol. The quantitative estimate of drug-likeness (QED) is 0.526. The molecule has 0 spiro atoms. The summed E-state index contributed by atoms with van der Waals surface area (Å²) >= 11 is 2.20. The largest absolute Gasteiger partial charge is 0.484 e. The van der Waals surface area contributed by atoms with Crippen LogP contribution in [0.15, 0.2) is 51.7 Å². The van der Waals surface area contributed by atoms with E-state index in [4.69, 9.17) is 9.15 Å². The van der Waals surface area contributed by atoms with Crippen molar-refractivity contribution in [2.45, 2.75) is 6.54 Å². The maximum atomic E-state index is 12.2. The number of carbonyl (C=O) groups excluding carboxylic acids is 1. The maximum absolute atomic E-state index is 12.2. The van der Waals surface area contributed by atoms with Gasteiger partial charge in [-0.05, 0) is 79.2 Å². The highest BCUT2D eigenvalue weighted by atomic mass is 127. The Labute approximate surface area is 170 Å². The summed E-state index contributed by atoms with van der Waals surface area (Å²) in [6.45, 7) is 1.11. The summed E-state index contributed by atoms with van der Waals surface area (Å²) in [5, 5.41) is 2.78. The van der Waals surface area contributed by atoms with E-state index in [1.807, 2.05) is 43.3 Å². The van der Waals surface area contributed by atoms with Gasteiger partial charge in [0.05, 0.1) is 5.52 Å². The van der Waals surface area contributed by atoms with E-state index < -0.39 is 5.76 Å². The molecule has 3 rings (SSSR count). The number of fused-ring (bicyclic) bond motifs is 1. The predicted octanol–water partition coefficient (Wildman–Crippen LogP) is 2.78. The van der Waals surface area contributed by atoms with E-state index in [9.17, 15) is 9.59 Å². The van der Waals surface area contributed by atoms with Gasteiger partial charge in [0, 0.05) is 22.3 Å². The lowest BCUT2D eigenvalue weighted by Crippen LogP contribution is -2.23. The van der Waals surface area contributed by atoms with Gasteiger partial charge >= 0.3 is 5.76 Å². The van der Waals surface area contributed by atoms with E-state index in [-0.39, 0.29) is 12.5 Å². The lowest BCUT2D eigenvalue weighted by molar-refractivity contribution is -0.118. The van der Waals surface area contributed by atoms with Crippen LogP contribution in [0.1, 0.15) is 0 Å². The summed E-state index contributed by atoms with van der Waals surface area (Å²) in [6.07, 6.45) is 0. The molecule has 1 heterocycles. The Balaban J connectivity index is 1.68. The fourth-order valence-corrected chi connectivity index (χ4v) is 2.89. The number of aromatic nitrogens is 1. The van der Waals surface area contributed by atoms with Crippen LogP contribution in [0, 0.1) is 3.57 Å². The van der Waals surface area contributed by atoms with Crippen molar-refractivity contribution < 1.29 is 13.9 Å². The second kappa shape index (κ2) is 8.57. The SMILES string of the molecule is CN(C)CCn1c(=O)oc2ccc(NC(=O)COc3ccc(I)cc3)cc21. The summed E-state index contributed by atoms with van der Waals surface area (Å²) < 4.78 is 13.4. The van der Waals surface area contributed by atoms with Crippen molar-refractivity contribution in [2.75, 3.05) is 32.6 Å². The van der Waals surface area contributed by atoms with Crippen LogP contribution in [0.5, 0.6) is 5.75 Å². The Kier molecular flexibility index (Phi) is 6.17. The lowest BCUT2D eigenvalue weighted by atomic mass is 10.2. The zero-order valence-corrected chi connectivity index (χ0v) is 17.2. The summed E-state index contributed by atoms with van der Waals surface area (Å²) in [7, 11) is 3.87. The molecule has 7 nitrogen and oxygen atoms in total. The number of likely N-dealkylation sites (N-methyl/N-ethyl adjacent to an activating group) is 1. The number of nitrogens with zero attached hydrogens (tertiary/aromatic N) is 2. The molecule has 0 fully saturated rings. The standard InChI is InChI=1S/C19H20IN3O4/c1-22(2)9-10-23-16-11-14(5-8-17(16)27-19(23)25)21-18(24)12-26-15-6-3-13(20)4-7-15/h3-8,11H,9-10,12H2,1-2H3,(H,21,24). The third kappa shape index (κ3) is 5.10. The molecule has 1 N–H and O–H groups in total. The molecule has 0 saturated carbocycles. The molecule has 1 aromatic heterocycles. The number of anilines is 1. The first-order valence-electron chi connectivity index (χ1n) is 8.39. The summed E-state index contributed by atoms with van der Waals surface area (Å²) in [5.41, 5.74) is 1.73. The van der Waals surface area contributed by atoms with Gasteiger partial charge in [-0.25, -0.2) is 4.79 Å². The monoisotopic (exact) mass is 481 g/mol. The van der Waals surface area contributed by atoms with Gasteiger partial charge in [0.1, 0.15) is 5.75 Å². The van der Waals surface area contributed by atoms with Crippen LogP contribution in [0.25, 0.3) is 11.1 Å². The average molecular weight is 481 g/mol. The van der Waals surface area contributed by atoms with Crippen LogP contribution in [-0.2, 0) is 11.3 Å². The molecule has 142 valence electrons. The molecule has 0 radical (unpaired) electrons. The second-order valence-electron chi connectivity index (χ2n) is 6.30. The first kappa shape index (κ1) is 19.4. The number of oxazole rings is 1.